The first-order valence-corrected chi connectivity index (χ1v) is 7.07. The number of methoxy groups -OCH3 is 1. The molecule has 0 aliphatic heterocycles. The molecule has 2 aromatic rings. The highest BCUT2D eigenvalue weighted by atomic mass is 16.6. The maximum absolute atomic E-state index is 11.6. The number of hydrogen-bond acceptors (Lipinski definition) is 6. The number of benzene rings is 1. The van der Waals surface area contributed by atoms with E-state index in [2.05, 4.69) is 11.6 Å². The molecule has 0 amide bonds. The molecule has 1 aromatic carbocycles. The average molecular weight is 345 g/mol. The standard InChI is InChI=1S/C16H15N3O6/c1-3-9-25-14-10(5-4-6-12(14)24-2)7-8-11-13(19(22)23)15(20)18-16(21)17-11/h3-8H,1,9H2,2H3,(H2,17,18,20,21). The Hall–Kier alpha value is -3.62. The van der Waals surface area contributed by atoms with Crippen molar-refractivity contribution >= 4 is 17.8 Å². The summed E-state index contributed by atoms with van der Waals surface area (Å²) >= 11 is 0. The van der Waals surface area contributed by atoms with Gasteiger partial charge in [-0.1, -0.05) is 24.8 Å². The Morgan fingerprint density at radius 2 is 2.04 bits per heavy atom. The van der Waals surface area contributed by atoms with Crippen LogP contribution in [0, 0.1) is 10.1 Å². The first-order chi connectivity index (χ1) is 12.0. The molecule has 0 aliphatic rings. The molecule has 0 radical (unpaired) electrons. The molecule has 25 heavy (non-hydrogen) atoms. The fraction of sp³-hybridized carbons (Fsp3) is 0.125. The molecule has 0 saturated heterocycles. The van der Waals surface area contributed by atoms with Gasteiger partial charge in [0.2, 0.25) is 0 Å². The number of para-hydroxylation sites is 1. The molecule has 0 fully saturated rings. The summed E-state index contributed by atoms with van der Waals surface area (Å²) in [5, 5.41) is 11.0. The highest BCUT2D eigenvalue weighted by Crippen LogP contribution is 2.32. The lowest BCUT2D eigenvalue weighted by Crippen LogP contribution is -2.25. The van der Waals surface area contributed by atoms with Crippen molar-refractivity contribution < 1.29 is 14.4 Å². The zero-order chi connectivity index (χ0) is 18.4. The van der Waals surface area contributed by atoms with E-state index >= 15 is 0 Å². The maximum atomic E-state index is 11.6. The van der Waals surface area contributed by atoms with Crippen molar-refractivity contribution in [1.29, 1.82) is 0 Å². The number of nitro groups is 1. The van der Waals surface area contributed by atoms with E-state index < -0.39 is 21.9 Å². The van der Waals surface area contributed by atoms with Crippen LogP contribution in [0.4, 0.5) is 5.69 Å². The van der Waals surface area contributed by atoms with Crippen molar-refractivity contribution in [1.82, 2.24) is 9.97 Å². The maximum Gasteiger partial charge on any atom is 0.357 e. The molecule has 0 atom stereocenters. The summed E-state index contributed by atoms with van der Waals surface area (Å²) in [7, 11) is 1.47. The molecule has 2 rings (SSSR count). The first-order valence-electron chi connectivity index (χ1n) is 7.07. The van der Waals surface area contributed by atoms with E-state index in [0.717, 1.165) is 0 Å². The summed E-state index contributed by atoms with van der Waals surface area (Å²) in [6.45, 7) is 3.79. The smallest absolute Gasteiger partial charge is 0.357 e. The second-order valence-electron chi connectivity index (χ2n) is 4.74. The minimum absolute atomic E-state index is 0.225. The van der Waals surface area contributed by atoms with Gasteiger partial charge in [-0.15, -0.1) is 0 Å². The van der Waals surface area contributed by atoms with Gasteiger partial charge in [-0.2, -0.15) is 0 Å². The van der Waals surface area contributed by atoms with E-state index in [-0.39, 0.29) is 12.3 Å². The molecule has 0 bridgehead atoms. The van der Waals surface area contributed by atoms with E-state index in [1.807, 2.05) is 4.98 Å². The quantitative estimate of drug-likeness (QED) is 0.447. The SMILES string of the molecule is C=CCOc1c(C=Cc2[nH]c(=O)[nH]c(=O)c2[N+](=O)[O-])cccc1OC. The van der Waals surface area contributed by atoms with Crippen LogP contribution in [0.1, 0.15) is 11.3 Å². The van der Waals surface area contributed by atoms with Gasteiger partial charge in [0.15, 0.2) is 11.5 Å². The Kier molecular flexibility index (Phi) is 5.51. The molecule has 2 N–H and O–H groups in total. The normalized spacial score (nSPS) is 10.6. The zero-order valence-corrected chi connectivity index (χ0v) is 13.3. The molecule has 1 heterocycles. The van der Waals surface area contributed by atoms with Crippen LogP contribution in [0.2, 0.25) is 0 Å². The van der Waals surface area contributed by atoms with Crippen molar-refractivity contribution in [2.75, 3.05) is 13.7 Å². The molecule has 1 aromatic heterocycles. The third-order valence-electron chi connectivity index (χ3n) is 3.13. The third kappa shape index (κ3) is 4.02. The molecular formula is C16H15N3O6. The van der Waals surface area contributed by atoms with Crippen molar-refractivity contribution in [3.05, 3.63) is 73.1 Å². The monoisotopic (exact) mass is 345 g/mol. The van der Waals surface area contributed by atoms with Crippen molar-refractivity contribution in [2.45, 2.75) is 0 Å². The van der Waals surface area contributed by atoms with E-state index in [1.165, 1.54) is 19.3 Å². The van der Waals surface area contributed by atoms with Crippen LogP contribution in [0.3, 0.4) is 0 Å². The summed E-state index contributed by atoms with van der Waals surface area (Å²) in [6.07, 6.45) is 4.28. The molecule has 0 spiro atoms. The van der Waals surface area contributed by atoms with Crippen LogP contribution in [-0.2, 0) is 0 Å². The number of rotatable bonds is 7. The summed E-state index contributed by atoms with van der Waals surface area (Å²) < 4.78 is 10.8. The van der Waals surface area contributed by atoms with Gasteiger partial charge in [-0.05, 0) is 18.2 Å². The third-order valence-corrected chi connectivity index (χ3v) is 3.13. The molecule has 0 saturated carbocycles. The molecule has 130 valence electrons. The van der Waals surface area contributed by atoms with Crippen LogP contribution >= 0.6 is 0 Å². The summed E-state index contributed by atoms with van der Waals surface area (Å²) in [4.78, 5) is 37.2. The largest absolute Gasteiger partial charge is 0.493 e. The van der Waals surface area contributed by atoms with Crippen molar-refractivity contribution in [3.63, 3.8) is 0 Å². The first kappa shape index (κ1) is 17.7. The highest BCUT2D eigenvalue weighted by molar-refractivity contribution is 5.75. The average Bonchev–Trinajstić information content (AvgIpc) is 2.57. The highest BCUT2D eigenvalue weighted by Gasteiger charge is 2.19. The minimum atomic E-state index is -1.08. The Labute approximate surface area is 141 Å². The van der Waals surface area contributed by atoms with Crippen LogP contribution < -0.4 is 20.7 Å². The lowest BCUT2D eigenvalue weighted by Gasteiger charge is -2.11. The molecule has 0 unspecified atom stereocenters. The number of aromatic amines is 2. The molecule has 9 nitrogen and oxygen atoms in total. The van der Waals surface area contributed by atoms with Gasteiger partial charge < -0.3 is 14.5 Å². The number of aromatic nitrogens is 2. The predicted molar refractivity (Wildman–Crippen MR) is 92.0 cm³/mol. The lowest BCUT2D eigenvalue weighted by molar-refractivity contribution is -0.386. The van der Waals surface area contributed by atoms with Crippen LogP contribution in [0.25, 0.3) is 12.2 Å². The van der Waals surface area contributed by atoms with Gasteiger partial charge in [0.25, 0.3) is 0 Å². The lowest BCUT2D eigenvalue weighted by atomic mass is 10.1. The number of nitrogens with one attached hydrogen (secondary N) is 2. The number of nitrogens with zero attached hydrogens (tertiary/aromatic N) is 1. The van der Waals surface area contributed by atoms with E-state index in [0.29, 0.717) is 17.1 Å². The second kappa shape index (κ2) is 7.77. The van der Waals surface area contributed by atoms with Gasteiger partial charge in [-0.3, -0.25) is 19.9 Å². The number of hydrogen-bond donors (Lipinski definition) is 2. The van der Waals surface area contributed by atoms with Crippen LogP contribution in [-0.4, -0.2) is 28.6 Å². The van der Waals surface area contributed by atoms with Gasteiger partial charge in [0, 0.05) is 5.56 Å². The molecule has 9 heteroatoms. The van der Waals surface area contributed by atoms with Gasteiger partial charge in [-0.25, -0.2) is 4.79 Å². The second-order valence-corrected chi connectivity index (χ2v) is 4.74. The van der Waals surface area contributed by atoms with Gasteiger partial charge >= 0.3 is 16.9 Å². The summed E-state index contributed by atoms with van der Waals surface area (Å²) in [6, 6.07) is 5.08. The Morgan fingerprint density at radius 3 is 2.68 bits per heavy atom. The fourth-order valence-electron chi connectivity index (χ4n) is 2.09. The molecular weight excluding hydrogens is 330 g/mol. The van der Waals surface area contributed by atoms with Crippen molar-refractivity contribution in [3.8, 4) is 11.5 Å². The van der Waals surface area contributed by atoms with E-state index in [4.69, 9.17) is 9.47 Å². The summed E-state index contributed by atoms with van der Waals surface area (Å²) in [5.41, 5.74) is -2.37. The number of H-pyrrole nitrogens is 2. The molecule has 0 aliphatic carbocycles. The minimum Gasteiger partial charge on any atom is -0.493 e. The Bertz CT molecular complexity index is 942. The van der Waals surface area contributed by atoms with E-state index in [1.54, 1.807) is 24.3 Å². The van der Waals surface area contributed by atoms with Crippen LogP contribution in [0.5, 0.6) is 11.5 Å². The Morgan fingerprint density at radius 1 is 1.28 bits per heavy atom. The summed E-state index contributed by atoms with van der Waals surface area (Å²) in [5.74, 6) is 0.855. The Balaban J connectivity index is 2.53. The van der Waals surface area contributed by atoms with Crippen molar-refractivity contribution in [2.24, 2.45) is 0 Å². The fourth-order valence-corrected chi connectivity index (χ4v) is 2.09. The van der Waals surface area contributed by atoms with Gasteiger partial charge in [0.05, 0.1) is 12.0 Å². The van der Waals surface area contributed by atoms with E-state index in [9.17, 15) is 19.7 Å². The zero-order valence-electron chi connectivity index (χ0n) is 13.3. The van der Waals surface area contributed by atoms with Crippen LogP contribution in [0.15, 0.2) is 40.4 Å². The topological polar surface area (TPSA) is 127 Å². The number of ether oxygens (including phenoxy) is 2. The predicted octanol–water partition coefficient (Wildman–Crippen LogP) is 1.72. The van der Waals surface area contributed by atoms with Gasteiger partial charge in [0.1, 0.15) is 12.3 Å².